The predicted octanol–water partition coefficient (Wildman–Crippen LogP) is 1.09. The second kappa shape index (κ2) is 6.67. The van der Waals surface area contributed by atoms with Crippen molar-refractivity contribution in [2.24, 2.45) is 0 Å². The molecule has 0 atom stereocenters. The van der Waals surface area contributed by atoms with Gasteiger partial charge in [-0.25, -0.2) is 13.1 Å². The molecule has 1 aromatic rings. The lowest BCUT2D eigenvalue weighted by molar-refractivity contribution is -0.115. The molecule has 2 rings (SSSR count). The van der Waals surface area contributed by atoms with Gasteiger partial charge in [0.2, 0.25) is 15.9 Å². The highest BCUT2D eigenvalue weighted by molar-refractivity contribution is 8.04. The number of ether oxygens (including phenoxy) is 2. The zero-order valence-corrected chi connectivity index (χ0v) is 13.9. The van der Waals surface area contributed by atoms with Crippen LogP contribution in [-0.2, 0) is 25.3 Å². The van der Waals surface area contributed by atoms with Crippen LogP contribution in [0.3, 0.4) is 0 Å². The third kappa shape index (κ3) is 4.35. The molecule has 1 N–H and O–H groups in total. The van der Waals surface area contributed by atoms with Gasteiger partial charge < -0.3 is 9.47 Å². The Labute approximate surface area is 130 Å². The highest BCUT2D eigenvalue weighted by Crippen LogP contribution is 2.26. The smallest absolute Gasteiger partial charge is 0.274 e. The highest BCUT2D eigenvalue weighted by atomic mass is 32.2. The number of aromatic nitrogens is 1. The first-order valence-electron chi connectivity index (χ1n) is 5.92. The lowest BCUT2D eigenvalue weighted by Crippen LogP contribution is -2.33. The van der Waals surface area contributed by atoms with Crippen molar-refractivity contribution in [3.8, 4) is 5.88 Å². The molecule has 0 aromatic carbocycles. The van der Waals surface area contributed by atoms with Crippen LogP contribution in [0.25, 0.3) is 0 Å². The Morgan fingerprint density at radius 3 is 2.95 bits per heavy atom. The van der Waals surface area contributed by atoms with Gasteiger partial charge in [0, 0.05) is 16.7 Å². The molecule has 1 amide bonds. The van der Waals surface area contributed by atoms with Crippen molar-refractivity contribution in [3.63, 3.8) is 0 Å². The van der Waals surface area contributed by atoms with Crippen LogP contribution in [0.2, 0.25) is 0 Å². The number of nitrogens with one attached hydrogen (secondary N) is 1. The maximum absolute atomic E-state index is 12.0. The topological polar surface area (TPSA) is 94.6 Å². The number of rotatable bonds is 5. The fourth-order valence-corrected chi connectivity index (χ4v) is 4.56. The van der Waals surface area contributed by atoms with Gasteiger partial charge in [-0.1, -0.05) is 0 Å². The highest BCUT2D eigenvalue weighted by Gasteiger charge is 2.24. The second-order valence-corrected chi connectivity index (χ2v) is 7.83. The van der Waals surface area contributed by atoms with Crippen molar-refractivity contribution >= 4 is 39.2 Å². The maximum atomic E-state index is 12.0. The molecule has 0 spiro atoms. The normalized spacial score (nSPS) is 15.5. The van der Waals surface area contributed by atoms with E-state index in [2.05, 4.69) is 4.37 Å². The van der Waals surface area contributed by atoms with E-state index >= 15 is 0 Å². The minimum atomic E-state index is -3.79. The fourth-order valence-electron chi connectivity index (χ4n) is 1.60. The number of hydrogen-bond acceptors (Lipinski definition) is 8. The molecule has 1 aromatic heterocycles. The molecular formula is C11H14N2O5S3. The van der Waals surface area contributed by atoms with Crippen molar-refractivity contribution in [1.29, 1.82) is 0 Å². The van der Waals surface area contributed by atoms with Gasteiger partial charge in [0.15, 0.2) is 0 Å². The predicted molar refractivity (Wildman–Crippen MR) is 80.5 cm³/mol. The average molecular weight is 350 g/mol. The molecule has 0 fully saturated rings. The summed E-state index contributed by atoms with van der Waals surface area (Å²) in [6.45, 7) is 2.16. The minimum Gasteiger partial charge on any atom is -0.496 e. The molecule has 7 nitrogen and oxygen atoms in total. The van der Waals surface area contributed by atoms with Crippen molar-refractivity contribution in [2.45, 2.75) is 12.7 Å². The molecule has 10 heteroatoms. The fraction of sp³-hybridized carbons (Fsp3) is 0.455. The second-order valence-electron chi connectivity index (χ2n) is 4.11. The van der Waals surface area contributed by atoms with Gasteiger partial charge in [0.25, 0.3) is 5.91 Å². The van der Waals surface area contributed by atoms with Crippen LogP contribution >= 0.6 is 23.3 Å². The Kier molecular flexibility index (Phi) is 5.12. The summed E-state index contributed by atoms with van der Waals surface area (Å²) < 4.78 is 40.1. The van der Waals surface area contributed by atoms with Gasteiger partial charge in [-0.15, -0.1) is 11.8 Å². The Morgan fingerprint density at radius 2 is 2.33 bits per heavy atom. The molecule has 1 aliphatic rings. The first-order valence-corrected chi connectivity index (χ1v) is 9.33. The summed E-state index contributed by atoms with van der Waals surface area (Å²) in [5.74, 6) is 0.433. The van der Waals surface area contributed by atoms with Crippen LogP contribution in [0, 0.1) is 0 Å². The lowest BCUT2D eigenvalue weighted by atomic mass is 10.4. The van der Waals surface area contributed by atoms with Crippen LogP contribution < -0.4 is 9.46 Å². The molecule has 0 saturated heterocycles. The van der Waals surface area contributed by atoms with Crippen LogP contribution in [0.5, 0.6) is 5.88 Å². The van der Waals surface area contributed by atoms with Gasteiger partial charge in [0.05, 0.1) is 13.7 Å². The maximum Gasteiger partial charge on any atom is 0.274 e. The number of nitrogens with zero attached hydrogens (tertiary/aromatic N) is 1. The minimum absolute atomic E-state index is 0.298. The SMILES string of the molecule is COc1cc(CS(=O)(=O)NC(=O)C2=C(C)OCCS2)sn1. The van der Waals surface area contributed by atoms with Crippen LogP contribution in [-0.4, -0.2) is 38.2 Å². The lowest BCUT2D eigenvalue weighted by Gasteiger charge is -2.17. The summed E-state index contributed by atoms with van der Waals surface area (Å²) in [5.41, 5.74) is 0. The molecule has 116 valence electrons. The Balaban J connectivity index is 2.05. The zero-order chi connectivity index (χ0) is 15.5. The number of hydrogen-bond donors (Lipinski definition) is 1. The number of sulfonamides is 1. The van der Waals surface area contributed by atoms with E-state index in [1.165, 1.54) is 24.9 Å². The van der Waals surface area contributed by atoms with Crippen LogP contribution in [0.1, 0.15) is 11.8 Å². The Hall–Kier alpha value is -1.26. The molecule has 0 bridgehead atoms. The standard InChI is InChI=1S/C11H14N2O5S3/c1-7-10(19-4-3-18-7)11(14)13-21(15,16)6-8-5-9(17-2)12-20-8/h5H,3-4,6H2,1-2H3,(H,13,14). The number of carbonyl (C=O) groups is 1. The number of carbonyl (C=O) groups excluding carboxylic acids is 1. The number of methoxy groups -OCH3 is 1. The van der Waals surface area contributed by atoms with Crippen LogP contribution in [0.15, 0.2) is 16.7 Å². The van der Waals surface area contributed by atoms with E-state index in [-0.39, 0.29) is 5.75 Å². The van der Waals surface area contributed by atoms with Crippen molar-refractivity contribution < 1.29 is 22.7 Å². The average Bonchev–Trinajstić information content (AvgIpc) is 2.85. The van der Waals surface area contributed by atoms with Gasteiger partial charge in [-0.2, -0.15) is 4.37 Å². The van der Waals surface area contributed by atoms with Gasteiger partial charge in [0.1, 0.15) is 16.4 Å². The molecular weight excluding hydrogens is 336 g/mol. The third-order valence-corrected chi connectivity index (χ3v) is 5.77. The Morgan fingerprint density at radius 1 is 1.57 bits per heavy atom. The Bertz CT molecular complexity index is 665. The summed E-state index contributed by atoms with van der Waals surface area (Å²) in [5, 5.41) is 0. The molecule has 0 unspecified atom stereocenters. The van der Waals surface area contributed by atoms with E-state index in [1.54, 1.807) is 6.92 Å². The zero-order valence-electron chi connectivity index (χ0n) is 11.4. The number of amides is 1. The molecule has 0 saturated carbocycles. The van der Waals surface area contributed by atoms with E-state index in [1.807, 2.05) is 4.72 Å². The summed E-state index contributed by atoms with van der Waals surface area (Å²) >= 11 is 2.30. The summed E-state index contributed by atoms with van der Waals surface area (Å²) in [7, 11) is -2.34. The van der Waals surface area contributed by atoms with Gasteiger partial charge >= 0.3 is 0 Å². The molecule has 21 heavy (non-hydrogen) atoms. The molecule has 1 aliphatic heterocycles. The quantitative estimate of drug-likeness (QED) is 0.849. The van der Waals surface area contributed by atoms with Crippen molar-refractivity contribution in [2.75, 3.05) is 19.5 Å². The van der Waals surface area contributed by atoms with Gasteiger partial charge in [-0.3, -0.25) is 4.79 Å². The van der Waals surface area contributed by atoms with Crippen LogP contribution in [0.4, 0.5) is 0 Å². The number of thioether (sulfide) groups is 1. The van der Waals surface area contributed by atoms with E-state index in [0.717, 1.165) is 11.5 Å². The van der Waals surface area contributed by atoms with Crippen molar-refractivity contribution in [3.05, 3.63) is 21.6 Å². The third-order valence-electron chi connectivity index (χ3n) is 2.50. The molecule has 0 radical (unpaired) electrons. The van der Waals surface area contributed by atoms with E-state index in [9.17, 15) is 13.2 Å². The first-order chi connectivity index (χ1) is 9.91. The van der Waals surface area contributed by atoms with E-state index < -0.39 is 15.9 Å². The van der Waals surface area contributed by atoms with E-state index in [4.69, 9.17) is 9.47 Å². The largest absolute Gasteiger partial charge is 0.496 e. The van der Waals surface area contributed by atoms with E-state index in [0.29, 0.717) is 33.8 Å². The summed E-state index contributed by atoms with van der Waals surface area (Å²) in [6, 6.07) is 1.53. The molecule has 2 heterocycles. The number of allylic oxidation sites excluding steroid dienone is 1. The summed E-state index contributed by atoms with van der Waals surface area (Å²) in [4.78, 5) is 12.8. The van der Waals surface area contributed by atoms with Gasteiger partial charge in [-0.05, 0) is 18.5 Å². The first kappa shape index (κ1) is 16.1. The monoisotopic (exact) mass is 350 g/mol. The summed E-state index contributed by atoms with van der Waals surface area (Å²) in [6.07, 6.45) is 0. The molecule has 0 aliphatic carbocycles. The van der Waals surface area contributed by atoms with Crippen molar-refractivity contribution in [1.82, 2.24) is 9.10 Å².